The lowest BCUT2D eigenvalue weighted by molar-refractivity contribution is -0.385. The molecule has 0 atom stereocenters. The number of nitro groups is 1. The topological polar surface area (TPSA) is 81.5 Å². The maximum Gasteiger partial charge on any atom is 0.311 e. The van der Waals surface area contributed by atoms with E-state index in [1.54, 1.807) is 6.07 Å². The highest BCUT2D eigenvalue weighted by molar-refractivity contribution is 5.78. The zero-order valence-electron chi connectivity index (χ0n) is 9.02. The van der Waals surface area contributed by atoms with Gasteiger partial charge < -0.3 is 10.1 Å². The van der Waals surface area contributed by atoms with Crippen LogP contribution in [0, 0.1) is 10.1 Å². The fraction of sp³-hybridized carbons (Fsp3) is 0.300. The molecule has 0 saturated heterocycles. The molecule has 1 aromatic carbocycles. The molecule has 1 amide bonds. The fourth-order valence-electron chi connectivity index (χ4n) is 1.26. The van der Waals surface area contributed by atoms with Crippen molar-refractivity contribution in [1.82, 2.24) is 5.32 Å². The Hall–Kier alpha value is -2.11. The van der Waals surface area contributed by atoms with E-state index < -0.39 is 4.92 Å². The first-order valence-electron chi connectivity index (χ1n) is 4.60. The van der Waals surface area contributed by atoms with Gasteiger partial charge in [0.2, 0.25) is 5.91 Å². The van der Waals surface area contributed by atoms with Crippen LogP contribution in [-0.2, 0) is 11.2 Å². The van der Waals surface area contributed by atoms with Gasteiger partial charge in [0, 0.05) is 13.1 Å². The van der Waals surface area contributed by atoms with Crippen LogP contribution in [0.15, 0.2) is 18.2 Å². The lowest BCUT2D eigenvalue weighted by Crippen LogP contribution is -2.19. The third-order valence-corrected chi connectivity index (χ3v) is 2.08. The van der Waals surface area contributed by atoms with E-state index in [9.17, 15) is 14.9 Å². The molecule has 6 heteroatoms. The third kappa shape index (κ3) is 2.69. The minimum Gasteiger partial charge on any atom is -0.490 e. The van der Waals surface area contributed by atoms with E-state index in [1.807, 2.05) is 0 Å². The minimum absolute atomic E-state index is 0.112. The second kappa shape index (κ2) is 5.11. The molecule has 0 radical (unpaired) electrons. The number of rotatable bonds is 4. The highest BCUT2D eigenvalue weighted by atomic mass is 16.6. The number of hydrogen-bond donors (Lipinski definition) is 1. The number of amides is 1. The van der Waals surface area contributed by atoms with E-state index in [0.29, 0.717) is 5.56 Å². The number of nitro benzene ring substituents is 1. The van der Waals surface area contributed by atoms with Crippen molar-refractivity contribution in [3.05, 3.63) is 33.9 Å². The predicted molar refractivity (Wildman–Crippen MR) is 57.4 cm³/mol. The van der Waals surface area contributed by atoms with Gasteiger partial charge >= 0.3 is 5.69 Å². The molecule has 0 aliphatic carbocycles. The Kier molecular flexibility index (Phi) is 3.82. The van der Waals surface area contributed by atoms with Crippen molar-refractivity contribution < 1.29 is 14.5 Å². The molecule has 86 valence electrons. The first kappa shape index (κ1) is 12.0. The minimum atomic E-state index is -0.536. The Labute approximate surface area is 92.4 Å². The molecule has 0 heterocycles. The van der Waals surface area contributed by atoms with Crippen LogP contribution in [0.3, 0.4) is 0 Å². The van der Waals surface area contributed by atoms with Crippen molar-refractivity contribution in [3.63, 3.8) is 0 Å². The van der Waals surface area contributed by atoms with Crippen LogP contribution < -0.4 is 10.1 Å². The fourth-order valence-corrected chi connectivity index (χ4v) is 1.26. The normalized spacial score (nSPS) is 9.62. The second-order valence-corrected chi connectivity index (χ2v) is 3.11. The number of hydrogen-bond acceptors (Lipinski definition) is 4. The number of carbonyl (C=O) groups is 1. The molecule has 0 aliphatic heterocycles. The number of ether oxygens (including phenoxy) is 1. The number of carbonyl (C=O) groups excluding carboxylic acids is 1. The second-order valence-electron chi connectivity index (χ2n) is 3.11. The van der Waals surface area contributed by atoms with E-state index in [2.05, 4.69) is 5.32 Å². The number of likely N-dealkylation sites (N-methyl/N-ethyl adjacent to an activating group) is 1. The zero-order valence-corrected chi connectivity index (χ0v) is 9.02. The molecule has 0 bridgehead atoms. The lowest BCUT2D eigenvalue weighted by Gasteiger charge is -2.04. The van der Waals surface area contributed by atoms with Crippen molar-refractivity contribution in [2.75, 3.05) is 14.2 Å². The lowest BCUT2D eigenvalue weighted by atomic mass is 10.1. The Morgan fingerprint density at radius 1 is 1.56 bits per heavy atom. The van der Waals surface area contributed by atoms with Gasteiger partial charge in [0.15, 0.2) is 5.75 Å². The molecule has 0 fully saturated rings. The summed E-state index contributed by atoms with van der Waals surface area (Å²) in [5.41, 5.74) is 0.441. The smallest absolute Gasteiger partial charge is 0.311 e. The summed E-state index contributed by atoms with van der Waals surface area (Å²) in [4.78, 5) is 21.3. The number of nitrogens with zero attached hydrogens (tertiary/aromatic N) is 1. The first-order chi connectivity index (χ1) is 7.58. The zero-order chi connectivity index (χ0) is 12.1. The van der Waals surface area contributed by atoms with Crippen molar-refractivity contribution in [2.45, 2.75) is 6.42 Å². The van der Waals surface area contributed by atoms with Gasteiger partial charge in [0.25, 0.3) is 0 Å². The van der Waals surface area contributed by atoms with Crippen LogP contribution in [0.2, 0.25) is 0 Å². The number of nitrogens with one attached hydrogen (secondary N) is 1. The monoisotopic (exact) mass is 224 g/mol. The number of benzene rings is 1. The van der Waals surface area contributed by atoms with Gasteiger partial charge in [0.1, 0.15) is 0 Å². The van der Waals surface area contributed by atoms with Crippen molar-refractivity contribution in [2.24, 2.45) is 0 Å². The average Bonchev–Trinajstić information content (AvgIpc) is 2.28. The van der Waals surface area contributed by atoms with Crippen LogP contribution in [0.1, 0.15) is 5.56 Å². The Morgan fingerprint density at radius 3 is 2.75 bits per heavy atom. The SMILES string of the molecule is CNC(=O)Cc1ccc(OC)c([N+](=O)[O-])c1. The number of methoxy groups -OCH3 is 1. The molecule has 0 spiro atoms. The van der Waals surface area contributed by atoms with Crippen LogP contribution in [0.4, 0.5) is 5.69 Å². The highest BCUT2D eigenvalue weighted by Crippen LogP contribution is 2.27. The summed E-state index contributed by atoms with van der Waals surface area (Å²) >= 11 is 0. The van der Waals surface area contributed by atoms with Crippen LogP contribution in [0.25, 0.3) is 0 Å². The van der Waals surface area contributed by atoms with Crippen LogP contribution >= 0.6 is 0 Å². The van der Waals surface area contributed by atoms with E-state index in [1.165, 1.54) is 26.3 Å². The van der Waals surface area contributed by atoms with E-state index in [4.69, 9.17) is 4.74 Å². The Balaban J connectivity index is 3.02. The van der Waals surface area contributed by atoms with E-state index in [0.717, 1.165) is 0 Å². The predicted octanol–water partition coefficient (Wildman–Crippen LogP) is 0.892. The molecule has 0 aliphatic rings. The Morgan fingerprint density at radius 2 is 2.25 bits per heavy atom. The summed E-state index contributed by atoms with van der Waals surface area (Å²) in [5.74, 6) is -0.00915. The van der Waals surface area contributed by atoms with Crippen LogP contribution in [0.5, 0.6) is 5.75 Å². The summed E-state index contributed by atoms with van der Waals surface area (Å²) in [6, 6.07) is 4.45. The molecule has 16 heavy (non-hydrogen) atoms. The van der Waals surface area contributed by atoms with Gasteiger partial charge in [0.05, 0.1) is 18.5 Å². The van der Waals surface area contributed by atoms with Gasteiger partial charge in [-0.1, -0.05) is 6.07 Å². The molecule has 0 unspecified atom stereocenters. The molecule has 1 rings (SSSR count). The maximum absolute atomic E-state index is 11.1. The average molecular weight is 224 g/mol. The Bertz CT molecular complexity index is 417. The molecule has 0 saturated carbocycles. The van der Waals surface area contributed by atoms with E-state index in [-0.39, 0.29) is 23.8 Å². The summed E-state index contributed by atoms with van der Waals surface area (Å²) in [7, 11) is 2.88. The van der Waals surface area contributed by atoms with Crippen molar-refractivity contribution in [1.29, 1.82) is 0 Å². The molecule has 1 aromatic rings. The molecule has 6 nitrogen and oxygen atoms in total. The largest absolute Gasteiger partial charge is 0.490 e. The van der Waals surface area contributed by atoms with Crippen molar-refractivity contribution in [3.8, 4) is 5.75 Å². The van der Waals surface area contributed by atoms with Gasteiger partial charge in [-0.3, -0.25) is 14.9 Å². The van der Waals surface area contributed by atoms with Gasteiger partial charge in [-0.2, -0.15) is 0 Å². The van der Waals surface area contributed by atoms with Crippen molar-refractivity contribution >= 4 is 11.6 Å². The quantitative estimate of drug-likeness (QED) is 0.608. The third-order valence-electron chi connectivity index (χ3n) is 2.08. The van der Waals surface area contributed by atoms with Gasteiger partial charge in [-0.15, -0.1) is 0 Å². The van der Waals surface area contributed by atoms with E-state index >= 15 is 0 Å². The van der Waals surface area contributed by atoms with Gasteiger partial charge in [-0.25, -0.2) is 0 Å². The summed E-state index contributed by atoms with van der Waals surface area (Å²) < 4.78 is 4.85. The molecular formula is C10H12N2O4. The standard InChI is InChI=1S/C10H12N2O4/c1-11-10(13)6-7-3-4-9(16-2)8(5-7)12(14)15/h3-5H,6H2,1-2H3,(H,11,13). The van der Waals surface area contributed by atoms with Crippen LogP contribution in [-0.4, -0.2) is 25.0 Å². The molecule has 0 aromatic heterocycles. The molecule has 1 N–H and O–H groups in total. The maximum atomic E-state index is 11.1. The summed E-state index contributed by atoms with van der Waals surface area (Å²) in [6.45, 7) is 0. The summed E-state index contributed by atoms with van der Waals surface area (Å²) in [5, 5.41) is 13.2. The van der Waals surface area contributed by atoms with Gasteiger partial charge in [-0.05, 0) is 11.6 Å². The molecular weight excluding hydrogens is 212 g/mol. The summed E-state index contributed by atoms with van der Waals surface area (Å²) in [6.07, 6.45) is 0.112. The highest BCUT2D eigenvalue weighted by Gasteiger charge is 2.15. The first-order valence-corrected chi connectivity index (χ1v) is 4.60.